The lowest BCUT2D eigenvalue weighted by molar-refractivity contribution is -0.302. The molecule has 24 heteroatoms. The van der Waals surface area contributed by atoms with Gasteiger partial charge < -0.3 is 64.3 Å². The molecule has 6 heterocycles. The Morgan fingerprint density at radius 2 is 1.63 bits per heavy atom. The fourth-order valence-corrected chi connectivity index (χ4v) is 17.3. The normalized spacial score (nSPS) is 38.8. The van der Waals surface area contributed by atoms with Gasteiger partial charge in [-0.3, -0.25) is 19.2 Å². The molecule has 0 aromatic carbocycles. The summed E-state index contributed by atoms with van der Waals surface area (Å²) in [6.07, 6.45) is 1.17. The number of ether oxygens (including phenoxy) is 5. The third kappa shape index (κ3) is 15.6. The Labute approximate surface area is 512 Å². The fraction of sp³-hybridized carbons (Fsp3) is 0.806. The van der Waals surface area contributed by atoms with Gasteiger partial charge in [-0.25, -0.2) is 22.7 Å². The molecule has 0 spiro atoms. The standard InChI is InChI=1S/C62H98N4O18S2/c1-32-22-33(2)24-48(81-11)54-49(82-12)26-35(4)62(77,84-54)56(71)58(73)65-20-14-13-16-43(65)60(76)83-53(34(3)25-39-17-18-44(68)47(27-39)80-10)36(5)45(69)29-46(70)42(23-32)61(8,9)19-15-21-86(78,79)64-30-40-28-41(31-63-40)85-55-37(6)51-50(38(7)67)57(72)66(51)52(55)59(74)75/h23,25,33,35-45,47-51,53-54,63-64,67-69,77H,13-22,24,26-31H2,1-12H3,(H,74,75)/b32-23+,34-25+/t33-,35+,36+,37+,38+,39-,40-,41-,42+,43-,44+,45-,47+,48-,49-,50+,51+,53+,54+,62+/m0/s1. The first-order chi connectivity index (χ1) is 40.4. The van der Waals surface area contributed by atoms with E-state index in [0.29, 0.717) is 68.4 Å². The molecule has 2 bridgehead atoms. The molecule has 0 aromatic rings. The largest absolute Gasteiger partial charge is 0.477 e. The second kappa shape index (κ2) is 29.1. The minimum Gasteiger partial charge on any atom is -0.477 e. The number of amides is 2. The van der Waals surface area contributed by atoms with E-state index in [4.69, 9.17) is 23.7 Å². The highest BCUT2D eigenvalue weighted by Gasteiger charge is 2.61. The lowest BCUT2D eigenvalue weighted by atomic mass is 9.71. The average Bonchev–Trinajstić information content (AvgIpc) is 1.56. The zero-order valence-electron chi connectivity index (χ0n) is 52.4. The number of hydrogen-bond acceptors (Lipinski definition) is 19. The lowest BCUT2D eigenvalue weighted by Gasteiger charge is -2.47. The predicted octanol–water partition coefficient (Wildman–Crippen LogP) is 4.41. The number of carboxylic acids is 1. The summed E-state index contributed by atoms with van der Waals surface area (Å²) in [6, 6.07) is -1.94. The molecule has 0 radical (unpaired) electrons. The number of esters is 1. The second-order valence-corrected chi connectivity index (χ2v) is 30.0. The Kier molecular flexibility index (Phi) is 23.6. The van der Waals surface area contributed by atoms with Crippen LogP contribution in [0.25, 0.3) is 0 Å². The van der Waals surface area contributed by atoms with Crippen LogP contribution in [0.3, 0.4) is 0 Å². The Balaban J connectivity index is 1.11. The van der Waals surface area contributed by atoms with E-state index >= 15 is 4.79 Å². The zero-order chi connectivity index (χ0) is 63.5. The molecule has 7 N–H and O–H groups in total. The van der Waals surface area contributed by atoms with Gasteiger partial charge in [0.1, 0.15) is 29.7 Å². The van der Waals surface area contributed by atoms with Crippen molar-refractivity contribution in [3.8, 4) is 0 Å². The van der Waals surface area contributed by atoms with Gasteiger partial charge >= 0.3 is 11.9 Å². The number of hydrogen-bond donors (Lipinski definition) is 7. The van der Waals surface area contributed by atoms with Crippen LogP contribution in [0.4, 0.5) is 0 Å². The Morgan fingerprint density at radius 3 is 2.28 bits per heavy atom. The van der Waals surface area contributed by atoms with Crippen molar-refractivity contribution in [1.29, 1.82) is 0 Å². The molecule has 1 saturated carbocycles. The monoisotopic (exact) mass is 1250 g/mol. The quantitative estimate of drug-likeness (QED) is 0.0459. The van der Waals surface area contributed by atoms with E-state index in [1.165, 1.54) is 44.9 Å². The average molecular weight is 1250 g/mol. The van der Waals surface area contributed by atoms with Gasteiger partial charge in [-0.15, -0.1) is 11.8 Å². The molecule has 6 aliphatic heterocycles. The van der Waals surface area contributed by atoms with Gasteiger partial charge in [-0.1, -0.05) is 59.3 Å². The van der Waals surface area contributed by atoms with E-state index in [1.807, 2.05) is 46.8 Å². The molecule has 7 aliphatic rings. The van der Waals surface area contributed by atoms with E-state index in [-0.39, 0.29) is 91.5 Å². The summed E-state index contributed by atoms with van der Waals surface area (Å²) in [6.45, 7) is 16.7. The summed E-state index contributed by atoms with van der Waals surface area (Å²) < 4.78 is 60.5. The number of fused-ring (bicyclic) bond motifs is 4. The van der Waals surface area contributed by atoms with Crippen LogP contribution in [-0.4, -0.2) is 204 Å². The van der Waals surface area contributed by atoms with Crippen molar-refractivity contribution in [3.05, 3.63) is 33.9 Å². The van der Waals surface area contributed by atoms with E-state index in [2.05, 4.69) is 10.0 Å². The maximum atomic E-state index is 15.1. The molecular formula is C62H98N4O18S2. The van der Waals surface area contributed by atoms with Crippen molar-refractivity contribution in [1.82, 2.24) is 19.8 Å². The summed E-state index contributed by atoms with van der Waals surface area (Å²) in [4.78, 5) is 87.2. The van der Waals surface area contributed by atoms with Gasteiger partial charge in [0.15, 0.2) is 0 Å². The zero-order valence-corrected chi connectivity index (χ0v) is 54.0. The van der Waals surface area contributed by atoms with Crippen molar-refractivity contribution in [3.63, 3.8) is 0 Å². The summed E-state index contributed by atoms with van der Waals surface area (Å²) in [7, 11) is 0.673. The number of aliphatic carboxylic acids is 1. The number of allylic oxidation sites excluding steroid dienone is 3. The number of Topliss-reactive ketones (excluding diaryl/α,β-unsaturated/α-hetero) is 2. The SMILES string of the molecule is CO[C@H]1C[C@@H](C)C/C(C)=C/[C@@H](C(C)(C)CCCS(=O)(=O)NC[C@@H]2C[C@H](SC3=C(C(=O)O)N4C(=O)[C@H]([C@@H](C)O)[C@H]4[C@H]3C)CN2)C(=O)C[C@H](O)[C@@H](C)[C@@H](/C(C)=C/[C@@H]2CC[C@@H](O)[C@H](OC)C2)OC(=O)[C@@H]2CCCCN2C(=O)C(=O)[C@]2(O)O[C@H]1[C@@H](OC)C[C@H]2C. The number of ketones is 2. The number of carbonyl (C=O) groups excluding carboxylic acids is 5. The number of aliphatic hydroxyl groups excluding tert-OH is 3. The van der Waals surface area contributed by atoms with Crippen LogP contribution in [0, 0.1) is 46.8 Å². The molecule has 0 unspecified atom stereocenters. The summed E-state index contributed by atoms with van der Waals surface area (Å²) in [5, 5.41) is 58.9. The number of carbonyl (C=O) groups is 6. The van der Waals surface area contributed by atoms with Gasteiger partial charge in [0.2, 0.25) is 21.7 Å². The van der Waals surface area contributed by atoms with Crippen molar-refractivity contribution in [2.45, 2.75) is 224 Å². The van der Waals surface area contributed by atoms with Crippen LogP contribution in [0.15, 0.2) is 33.9 Å². The first kappa shape index (κ1) is 69.8. The van der Waals surface area contributed by atoms with Crippen molar-refractivity contribution < 1.29 is 86.4 Å². The molecule has 22 nitrogen and oxygen atoms in total. The molecule has 5 fully saturated rings. The van der Waals surface area contributed by atoms with Crippen LogP contribution in [-0.2, 0) is 62.5 Å². The van der Waals surface area contributed by atoms with Gasteiger partial charge in [0.05, 0.1) is 54.3 Å². The van der Waals surface area contributed by atoms with Gasteiger partial charge in [0.25, 0.3) is 11.7 Å². The minimum absolute atomic E-state index is 0.0209. The van der Waals surface area contributed by atoms with E-state index in [1.54, 1.807) is 20.8 Å². The fourth-order valence-electron chi connectivity index (χ4n) is 14.7. The van der Waals surface area contributed by atoms with E-state index in [9.17, 15) is 57.9 Å². The number of β-lactam (4-membered cyclic amide) rings is 1. The Bertz CT molecular complexity index is 2680. The maximum Gasteiger partial charge on any atom is 0.353 e. The first-order valence-electron chi connectivity index (χ1n) is 31.0. The number of thioether (sulfide) groups is 1. The number of sulfonamides is 1. The highest BCUT2D eigenvalue weighted by molar-refractivity contribution is 8.03. The van der Waals surface area contributed by atoms with Gasteiger partial charge in [-0.05, 0) is 121 Å². The summed E-state index contributed by atoms with van der Waals surface area (Å²) in [5.74, 6) is -11.8. The number of nitrogens with zero attached hydrogens (tertiary/aromatic N) is 2. The molecular weight excluding hydrogens is 1150 g/mol. The molecule has 486 valence electrons. The number of piperidine rings is 1. The number of aliphatic hydroxyl groups is 4. The third-order valence-electron chi connectivity index (χ3n) is 19.8. The van der Waals surface area contributed by atoms with Crippen molar-refractivity contribution >= 4 is 57.1 Å². The Hall–Kier alpha value is -3.66. The van der Waals surface area contributed by atoms with Crippen LogP contribution in [0.5, 0.6) is 0 Å². The smallest absolute Gasteiger partial charge is 0.353 e. The third-order valence-corrected chi connectivity index (χ3v) is 22.7. The topological polar surface area (TPSA) is 314 Å². The van der Waals surface area contributed by atoms with Gasteiger partial charge in [0, 0.05) is 87.3 Å². The summed E-state index contributed by atoms with van der Waals surface area (Å²) in [5.41, 5.74) is 0.479. The number of nitrogens with one attached hydrogen (secondary N) is 2. The highest BCUT2D eigenvalue weighted by Crippen LogP contribution is 2.52. The molecule has 86 heavy (non-hydrogen) atoms. The maximum absolute atomic E-state index is 15.1. The number of carboxylic acid groups (broad SMARTS) is 1. The van der Waals surface area contributed by atoms with Crippen LogP contribution < -0.4 is 10.0 Å². The number of rotatable bonds is 17. The number of methoxy groups -OCH3 is 3. The van der Waals surface area contributed by atoms with Crippen LogP contribution in [0.1, 0.15) is 146 Å². The second-order valence-electron chi connectivity index (χ2n) is 26.7. The first-order valence-corrected chi connectivity index (χ1v) is 33.6. The molecule has 2 amide bonds. The summed E-state index contributed by atoms with van der Waals surface area (Å²) >= 11 is 1.38. The van der Waals surface area contributed by atoms with Gasteiger partial charge in [-0.2, -0.15) is 0 Å². The number of cyclic esters (lactones) is 1. The van der Waals surface area contributed by atoms with Crippen molar-refractivity contribution in [2.75, 3.05) is 46.7 Å². The Morgan fingerprint density at radius 1 is 0.953 bits per heavy atom. The molecule has 20 atom stereocenters. The predicted molar refractivity (Wildman–Crippen MR) is 320 cm³/mol. The highest BCUT2D eigenvalue weighted by atomic mass is 32.2. The molecule has 1 aliphatic carbocycles. The van der Waals surface area contributed by atoms with Crippen LogP contribution >= 0.6 is 11.8 Å². The van der Waals surface area contributed by atoms with Crippen molar-refractivity contribution in [2.24, 2.45) is 46.8 Å². The van der Waals surface area contributed by atoms with E-state index in [0.717, 1.165) is 10.5 Å². The molecule has 0 aromatic heterocycles. The molecule has 4 saturated heterocycles. The van der Waals surface area contributed by atoms with E-state index < -0.39 is 135 Å². The lowest BCUT2D eigenvalue weighted by Crippen LogP contribution is -2.64. The molecule has 7 rings (SSSR count). The minimum atomic E-state index is -3.85. The van der Waals surface area contributed by atoms with Crippen LogP contribution in [0.2, 0.25) is 0 Å².